The lowest BCUT2D eigenvalue weighted by Crippen LogP contribution is -2.41. The van der Waals surface area contributed by atoms with Crippen LogP contribution in [0.5, 0.6) is 5.75 Å². The van der Waals surface area contributed by atoms with E-state index < -0.39 is 0 Å². The molecule has 3 heteroatoms. The smallest absolute Gasteiger partial charge is 0.119 e. The van der Waals surface area contributed by atoms with Gasteiger partial charge in [-0.25, -0.2) is 0 Å². The summed E-state index contributed by atoms with van der Waals surface area (Å²) in [5.41, 5.74) is 7.56. The summed E-state index contributed by atoms with van der Waals surface area (Å²) in [4.78, 5) is 2.52. The van der Waals surface area contributed by atoms with Crippen molar-refractivity contribution < 1.29 is 4.74 Å². The second-order valence-corrected chi connectivity index (χ2v) is 5.86. The Bertz CT molecular complexity index is 390. The van der Waals surface area contributed by atoms with Crippen LogP contribution in [0.15, 0.2) is 24.3 Å². The summed E-state index contributed by atoms with van der Waals surface area (Å²) >= 11 is 0. The van der Waals surface area contributed by atoms with E-state index in [1.807, 2.05) is 12.1 Å². The molecular formula is C17H28N2O. The van der Waals surface area contributed by atoms with Gasteiger partial charge in [0.25, 0.3) is 0 Å². The first-order chi connectivity index (χ1) is 9.70. The minimum atomic E-state index is 0.0933. The first-order valence-electron chi connectivity index (χ1n) is 7.93. The highest BCUT2D eigenvalue weighted by Crippen LogP contribution is 2.21. The molecule has 1 heterocycles. The molecular weight excluding hydrogens is 248 g/mol. The molecule has 0 radical (unpaired) electrons. The van der Waals surface area contributed by atoms with Crippen LogP contribution in [0, 0.1) is 0 Å². The predicted molar refractivity (Wildman–Crippen MR) is 84.0 cm³/mol. The Balaban J connectivity index is 1.89. The molecule has 1 aliphatic rings. The molecule has 2 unspecified atom stereocenters. The van der Waals surface area contributed by atoms with Crippen molar-refractivity contribution in [1.29, 1.82) is 0 Å². The average Bonchev–Trinajstić information content (AvgIpc) is 2.48. The molecule has 1 saturated heterocycles. The molecule has 2 N–H and O–H groups in total. The lowest BCUT2D eigenvalue weighted by Gasteiger charge is -2.35. The molecule has 0 saturated carbocycles. The SMILES string of the molecule is CCCOc1ccc(C(N)CN2CCCCC2C)cc1. The largest absolute Gasteiger partial charge is 0.494 e. The quantitative estimate of drug-likeness (QED) is 0.866. The van der Waals surface area contributed by atoms with Gasteiger partial charge in [0.2, 0.25) is 0 Å². The fraction of sp³-hybridized carbons (Fsp3) is 0.647. The van der Waals surface area contributed by atoms with Crippen LogP contribution in [-0.4, -0.2) is 30.6 Å². The summed E-state index contributed by atoms with van der Waals surface area (Å²) in [6, 6.07) is 9.03. The van der Waals surface area contributed by atoms with Crippen molar-refractivity contribution in [3.63, 3.8) is 0 Å². The third-order valence-corrected chi connectivity index (χ3v) is 4.15. The van der Waals surface area contributed by atoms with Crippen molar-refractivity contribution in [3.8, 4) is 5.75 Å². The van der Waals surface area contributed by atoms with E-state index in [1.54, 1.807) is 0 Å². The van der Waals surface area contributed by atoms with Gasteiger partial charge in [-0.15, -0.1) is 0 Å². The Morgan fingerprint density at radius 1 is 1.30 bits per heavy atom. The second kappa shape index (κ2) is 7.65. The minimum absolute atomic E-state index is 0.0933. The van der Waals surface area contributed by atoms with Crippen LogP contribution >= 0.6 is 0 Å². The first-order valence-corrected chi connectivity index (χ1v) is 7.93. The van der Waals surface area contributed by atoms with Crippen LogP contribution in [0.4, 0.5) is 0 Å². The lowest BCUT2D eigenvalue weighted by molar-refractivity contribution is 0.151. The Morgan fingerprint density at radius 3 is 2.70 bits per heavy atom. The number of hydrogen-bond donors (Lipinski definition) is 1. The molecule has 0 spiro atoms. The maximum atomic E-state index is 6.36. The van der Waals surface area contributed by atoms with Crippen LogP contribution in [0.1, 0.15) is 51.1 Å². The van der Waals surface area contributed by atoms with Crippen LogP contribution in [-0.2, 0) is 0 Å². The van der Waals surface area contributed by atoms with Gasteiger partial charge in [-0.2, -0.15) is 0 Å². The van der Waals surface area contributed by atoms with E-state index >= 15 is 0 Å². The summed E-state index contributed by atoms with van der Waals surface area (Å²) in [5, 5.41) is 0. The van der Waals surface area contributed by atoms with Crippen molar-refractivity contribution in [2.75, 3.05) is 19.7 Å². The number of benzene rings is 1. The first kappa shape index (κ1) is 15.3. The molecule has 3 nitrogen and oxygen atoms in total. The predicted octanol–water partition coefficient (Wildman–Crippen LogP) is 3.35. The number of nitrogens with zero attached hydrogens (tertiary/aromatic N) is 1. The van der Waals surface area contributed by atoms with Gasteiger partial charge in [-0.05, 0) is 50.4 Å². The van der Waals surface area contributed by atoms with Gasteiger partial charge < -0.3 is 10.5 Å². The van der Waals surface area contributed by atoms with Gasteiger partial charge in [0, 0.05) is 18.6 Å². The van der Waals surface area contributed by atoms with Gasteiger partial charge >= 0.3 is 0 Å². The van der Waals surface area contributed by atoms with E-state index in [-0.39, 0.29) is 6.04 Å². The molecule has 0 bridgehead atoms. The van der Waals surface area contributed by atoms with Crippen LogP contribution in [0.2, 0.25) is 0 Å². The van der Waals surface area contributed by atoms with E-state index in [2.05, 4.69) is 30.9 Å². The second-order valence-electron chi connectivity index (χ2n) is 5.86. The van der Waals surface area contributed by atoms with E-state index in [0.29, 0.717) is 6.04 Å². The zero-order valence-corrected chi connectivity index (χ0v) is 12.8. The van der Waals surface area contributed by atoms with Crippen molar-refractivity contribution in [3.05, 3.63) is 29.8 Å². The Kier molecular flexibility index (Phi) is 5.86. The maximum absolute atomic E-state index is 6.36. The number of likely N-dealkylation sites (tertiary alicyclic amines) is 1. The van der Waals surface area contributed by atoms with Crippen molar-refractivity contribution in [2.24, 2.45) is 5.73 Å². The fourth-order valence-electron chi connectivity index (χ4n) is 2.82. The Hall–Kier alpha value is -1.06. The third kappa shape index (κ3) is 4.22. The molecule has 0 aromatic heterocycles. The molecule has 2 atom stereocenters. The van der Waals surface area contributed by atoms with Crippen LogP contribution in [0.25, 0.3) is 0 Å². The Labute approximate surface area is 123 Å². The van der Waals surface area contributed by atoms with E-state index in [0.717, 1.165) is 25.3 Å². The summed E-state index contributed by atoms with van der Waals surface area (Å²) < 4.78 is 5.61. The van der Waals surface area contributed by atoms with Crippen LogP contribution in [0.3, 0.4) is 0 Å². The number of nitrogens with two attached hydrogens (primary N) is 1. The number of hydrogen-bond acceptors (Lipinski definition) is 3. The number of rotatable bonds is 6. The lowest BCUT2D eigenvalue weighted by atomic mass is 10.0. The maximum Gasteiger partial charge on any atom is 0.119 e. The van der Waals surface area contributed by atoms with Crippen LogP contribution < -0.4 is 10.5 Å². The van der Waals surface area contributed by atoms with E-state index in [4.69, 9.17) is 10.5 Å². The van der Waals surface area contributed by atoms with Crippen molar-refractivity contribution in [1.82, 2.24) is 4.90 Å². The van der Waals surface area contributed by atoms with Gasteiger partial charge in [-0.3, -0.25) is 4.90 Å². The Morgan fingerprint density at radius 2 is 2.05 bits per heavy atom. The van der Waals surface area contributed by atoms with Crippen molar-refractivity contribution >= 4 is 0 Å². The van der Waals surface area contributed by atoms with Gasteiger partial charge in [0.15, 0.2) is 0 Å². The van der Waals surface area contributed by atoms with E-state index in [1.165, 1.54) is 31.4 Å². The van der Waals surface area contributed by atoms with E-state index in [9.17, 15) is 0 Å². The standard InChI is InChI=1S/C17H28N2O/c1-3-12-20-16-9-7-15(8-10-16)17(18)13-19-11-5-4-6-14(19)2/h7-10,14,17H,3-6,11-13,18H2,1-2H3. The summed E-state index contributed by atoms with van der Waals surface area (Å²) in [6.07, 6.45) is 5.00. The molecule has 112 valence electrons. The normalized spacial score (nSPS) is 21.6. The van der Waals surface area contributed by atoms with Gasteiger partial charge in [0.1, 0.15) is 5.75 Å². The molecule has 20 heavy (non-hydrogen) atoms. The highest BCUT2D eigenvalue weighted by Gasteiger charge is 2.20. The monoisotopic (exact) mass is 276 g/mol. The molecule has 1 aromatic rings. The highest BCUT2D eigenvalue weighted by atomic mass is 16.5. The number of piperidine rings is 1. The fourth-order valence-corrected chi connectivity index (χ4v) is 2.82. The average molecular weight is 276 g/mol. The minimum Gasteiger partial charge on any atom is -0.494 e. The highest BCUT2D eigenvalue weighted by molar-refractivity contribution is 5.29. The number of ether oxygens (including phenoxy) is 1. The molecule has 0 amide bonds. The molecule has 1 aliphatic heterocycles. The van der Waals surface area contributed by atoms with Gasteiger partial charge in [0.05, 0.1) is 6.61 Å². The zero-order chi connectivity index (χ0) is 14.4. The summed E-state index contributed by atoms with van der Waals surface area (Å²) in [6.45, 7) is 7.34. The summed E-state index contributed by atoms with van der Waals surface area (Å²) in [5.74, 6) is 0.939. The zero-order valence-electron chi connectivity index (χ0n) is 12.8. The molecule has 0 aliphatic carbocycles. The molecule has 2 rings (SSSR count). The molecule has 1 aromatic carbocycles. The van der Waals surface area contributed by atoms with Crippen molar-refractivity contribution in [2.45, 2.75) is 51.6 Å². The summed E-state index contributed by atoms with van der Waals surface area (Å²) in [7, 11) is 0. The van der Waals surface area contributed by atoms with Gasteiger partial charge in [-0.1, -0.05) is 25.5 Å². The molecule has 1 fully saturated rings. The third-order valence-electron chi connectivity index (χ3n) is 4.15. The topological polar surface area (TPSA) is 38.5 Å².